The molecule has 0 spiro atoms. The van der Waals surface area contributed by atoms with Gasteiger partial charge >= 0.3 is 0 Å². The highest BCUT2D eigenvalue weighted by atomic mass is 27.0. The summed E-state index contributed by atoms with van der Waals surface area (Å²) in [6.45, 7) is 6.92. The van der Waals surface area contributed by atoms with Crippen molar-refractivity contribution in [1.29, 1.82) is 0 Å². The molecule has 0 fully saturated rings. The molecule has 0 unspecified atom stereocenters. The van der Waals surface area contributed by atoms with Gasteiger partial charge in [-0.1, -0.05) is 44.3 Å². The molecule has 0 radical (unpaired) electrons. The Morgan fingerprint density at radius 1 is 1.00 bits per heavy atom. The lowest BCUT2D eigenvalue weighted by Gasteiger charge is -2.24. The first kappa shape index (κ1) is 8.53. The molecule has 0 bridgehead atoms. The van der Waals surface area contributed by atoms with Gasteiger partial charge in [-0.15, -0.1) is 0 Å². The van der Waals surface area contributed by atoms with Gasteiger partial charge in [0, 0.05) is 0 Å². The molecule has 0 aliphatic rings. The summed E-state index contributed by atoms with van der Waals surface area (Å²) in [5, 5.41) is 0. The lowest BCUT2D eigenvalue weighted by Crippen LogP contribution is -2.07. The van der Waals surface area contributed by atoms with Gasteiger partial charge in [0.15, 0.2) is 0 Å². The molecule has 0 aliphatic heterocycles. The topological polar surface area (TPSA) is 0 Å². The van der Waals surface area contributed by atoms with Crippen LogP contribution in [0.4, 0.5) is 0 Å². The van der Waals surface area contributed by atoms with Crippen molar-refractivity contribution in [3.05, 3.63) is 0 Å². The Balaban J connectivity index is 3.58. The van der Waals surface area contributed by atoms with E-state index in [0.717, 1.165) is 4.28 Å². The van der Waals surface area contributed by atoms with Gasteiger partial charge in [0.05, 0.1) is 0 Å². The SMILES string of the molecule is CC[C]([AlH2])(CC)CC. The normalized spacial score (nSPS) is 11.9. The lowest BCUT2D eigenvalue weighted by molar-refractivity contribution is 0.504. The van der Waals surface area contributed by atoms with Crippen LogP contribution in [-0.4, -0.2) is 16.3 Å². The fourth-order valence-electron chi connectivity index (χ4n) is 0.750. The largest absolute Gasteiger partial charge is 0.221 e. The third kappa shape index (κ3) is 2.20. The van der Waals surface area contributed by atoms with Gasteiger partial charge in [0.2, 0.25) is 16.3 Å². The maximum absolute atomic E-state index is 2.31. The molecule has 0 heterocycles. The highest BCUT2D eigenvalue weighted by molar-refractivity contribution is 6.15. The molecule has 8 heavy (non-hydrogen) atoms. The van der Waals surface area contributed by atoms with Crippen molar-refractivity contribution in [3.63, 3.8) is 0 Å². The molecule has 0 aliphatic carbocycles. The molecule has 0 saturated carbocycles. The zero-order valence-corrected chi connectivity index (χ0v) is 8.62. The average molecular weight is 128 g/mol. The van der Waals surface area contributed by atoms with Crippen LogP contribution in [0.1, 0.15) is 40.0 Å². The highest BCUT2D eigenvalue weighted by Gasteiger charge is 2.15. The molecule has 0 aromatic heterocycles. The molecule has 48 valence electrons. The number of hydrogen-bond acceptors (Lipinski definition) is 0. The van der Waals surface area contributed by atoms with E-state index >= 15 is 0 Å². The van der Waals surface area contributed by atoms with Gasteiger partial charge < -0.3 is 0 Å². The number of rotatable bonds is 3. The van der Waals surface area contributed by atoms with Crippen molar-refractivity contribution in [3.8, 4) is 0 Å². The van der Waals surface area contributed by atoms with E-state index in [1.54, 1.807) is 0 Å². The molecule has 1 heteroatoms. The molecular formula is C7H17Al. The van der Waals surface area contributed by atoms with Gasteiger partial charge in [0.1, 0.15) is 0 Å². The van der Waals surface area contributed by atoms with E-state index in [0.29, 0.717) is 0 Å². The van der Waals surface area contributed by atoms with Crippen LogP contribution in [0.2, 0.25) is 4.28 Å². The molecule has 0 nitrogen and oxygen atoms in total. The predicted molar refractivity (Wildman–Crippen MR) is 42.1 cm³/mol. The maximum Gasteiger partial charge on any atom is 0.221 e. The van der Waals surface area contributed by atoms with Gasteiger partial charge in [-0.2, -0.15) is 0 Å². The van der Waals surface area contributed by atoms with Crippen molar-refractivity contribution >= 4 is 16.3 Å². The van der Waals surface area contributed by atoms with Crippen LogP contribution in [0.5, 0.6) is 0 Å². The van der Waals surface area contributed by atoms with Crippen LogP contribution < -0.4 is 0 Å². The smallest absolute Gasteiger partial charge is 0.0804 e. The summed E-state index contributed by atoms with van der Waals surface area (Å²) in [4.78, 5) is 0. The quantitative estimate of drug-likeness (QED) is 0.510. The van der Waals surface area contributed by atoms with E-state index in [1.807, 2.05) is 0 Å². The average Bonchev–Trinajstić information content (AvgIpc) is 1.87. The van der Waals surface area contributed by atoms with Gasteiger partial charge in [0.25, 0.3) is 0 Å². The third-order valence-corrected chi connectivity index (χ3v) is 4.68. The monoisotopic (exact) mass is 128 g/mol. The summed E-state index contributed by atoms with van der Waals surface area (Å²) in [5.41, 5.74) is 0. The van der Waals surface area contributed by atoms with E-state index in [2.05, 4.69) is 20.8 Å². The molecule has 0 aromatic carbocycles. The van der Waals surface area contributed by atoms with Crippen LogP contribution in [0.3, 0.4) is 0 Å². The minimum absolute atomic E-state index is 0.764. The maximum atomic E-state index is 2.31. The van der Waals surface area contributed by atoms with Crippen molar-refractivity contribution in [2.45, 2.75) is 44.3 Å². The summed E-state index contributed by atoms with van der Waals surface area (Å²) in [6.07, 6.45) is 4.14. The highest BCUT2D eigenvalue weighted by Crippen LogP contribution is 2.33. The van der Waals surface area contributed by atoms with Crippen LogP contribution in [0, 0.1) is 0 Å². The Morgan fingerprint density at radius 3 is 1.25 bits per heavy atom. The Hall–Kier alpha value is 0.532. The van der Waals surface area contributed by atoms with Crippen LogP contribution >= 0.6 is 0 Å². The van der Waals surface area contributed by atoms with Crippen LogP contribution in [0.25, 0.3) is 0 Å². The van der Waals surface area contributed by atoms with E-state index in [1.165, 1.54) is 35.6 Å². The predicted octanol–water partition coefficient (Wildman–Crippen LogP) is 2.01. The van der Waals surface area contributed by atoms with Gasteiger partial charge in [-0.25, -0.2) is 0 Å². The van der Waals surface area contributed by atoms with Crippen LogP contribution in [0.15, 0.2) is 0 Å². The fourth-order valence-corrected chi connectivity index (χ4v) is 0.750. The second kappa shape index (κ2) is 3.54. The number of hydrogen-bond donors (Lipinski definition) is 0. The molecule has 0 rings (SSSR count). The molecule has 0 amide bonds. The van der Waals surface area contributed by atoms with E-state index in [4.69, 9.17) is 0 Å². The van der Waals surface area contributed by atoms with Crippen molar-refractivity contribution in [1.82, 2.24) is 0 Å². The standard InChI is InChI=1S/C7H15.Al.2H/c1-4-7(5-2)6-3;;;/h4-6H2,1-3H3;;;. The molecule has 0 aromatic rings. The van der Waals surface area contributed by atoms with Crippen molar-refractivity contribution < 1.29 is 0 Å². The summed E-state index contributed by atoms with van der Waals surface area (Å²) < 4.78 is 0.764. The molecule has 0 saturated heterocycles. The summed E-state index contributed by atoms with van der Waals surface area (Å²) >= 11 is 1.37. The lowest BCUT2D eigenvalue weighted by atomic mass is 9.99. The van der Waals surface area contributed by atoms with Crippen LogP contribution in [-0.2, 0) is 0 Å². The first-order chi connectivity index (χ1) is 3.68. The van der Waals surface area contributed by atoms with E-state index in [-0.39, 0.29) is 0 Å². The molecule has 0 N–H and O–H groups in total. The third-order valence-electron chi connectivity index (χ3n) is 2.56. The summed E-state index contributed by atoms with van der Waals surface area (Å²) in [7, 11) is 0. The van der Waals surface area contributed by atoms with Gasteiger partial charge in [-0.05, 0) is 0 Å². The molecule has 0 atom stereocenters. The van der Waals surface area contributed by atoms with E-state index in [9.17, 15) is 0 Å². The molecular weight excluding hydrogens is 111 g/mol. The zero-order chi connectivity index (χ0) is 6.62. The van der Waals surface area contributed by atoms with E-state index < -0.39 is 0 Å². The second-order valence-corrected chi connectivity index (χ2v) is 4.99. The summed E-state index contributed by atoms with van der Waals surface area (Å²) in [5.74, 6) is 0. The van der Waals surface area contributed by atoms with Crippen molar-refractivity contribution in [2.24, 2.45) is 0 Å². The Morgan fingerprint density at radius 2 is 1.25 bits per heavy atom. The first-order valence-corrected chi connectivity index (χ1v) is 4.68. The van der Waals surface area contributed by atoms with Crippen molar-refractivity contribution in [2.75, 3.05) is 0 Å². The Kier molecular flexibility index (Phi) is 3.77. The Labute approximate surface area is 61.1 Å². The Bertz CT molecular complexity index is 47.1. The first-order valence-electron chi connectivity index (χ1n) is 3.68. The van der Waals surface area contributed by atoms with Gasteiger partial charge in [-0.3, -0.25) is 0 Å². The summed E-state index contributed by atoms with van der Waals surface area (Å²) in [6, 6.07) is 0. The second-order valence-electron chi connectivity index (χ2n) is 2.87. The fraction of sp³-hybridized carbons (Fsp3) is 1.00. The minimum Gasteiger partial charge on any atom is -0.0804 e. The minimum atomic E-state index is 0.764. The zero-order valence-electron chi connectivity index (χ0n) is 6.62.